The van der Waals surface area contributed by atoms with Crippen molar-refractivity contribution in [2.75, 3.05) is 31.8 Å². The number of hydrogen-bond acceptors (Lipinski definition) is 4. The van der Waals surface area contributed by atoms with Crippen LogP contribution in [0.2, 0.25) is 0 Å². The average molecular weight is 365 g/mol. The van der Waals surface area contributed by atoms with Crippen LogP contribution in [-0.2, 0) is 11.2 Å². The summed E-state index contributed by atoms with van der Waals surface area (Å²) in [5.74, 6) is 2.30. The second-order valence-corrected chi connectivity index (χ2v) is 6.68. The van der Waals surface area contributed by atoms with Gasteiger partial charge < -0.3 is 19.1 Å². The van der Waals surface area contributed by atoms with Crippen LogP contribution in [0.15, 0.2) is 42.5 Å². The van der Waals surface area contributed by atoms with Gasteiger partial charge in [0.15, 0.2) is 11.5 Å². The van der Waals surface area contributed by atoms with Gasteiger partial charge >= 0.3 is 0 Å². The molecule has 0 aromatic heterocycles. The first-order chi connectivity index (χ1) is 13.2. The molecule has 0 saturated carbocycles. The first-order valence-electron chi connectivity index (χ1n) is 9.31. The molecule has 4 rings (SSSR count). The number of amides is 1. The second-order valence-electron chi connectivity index (χ2n) is 6.68. The number of hydrogen-bond donors (Lipinski definition) is 0. The maximum Gasteiger partial charge on any atom is 0.250 e. The molecule has 2 aliphatic heterocycles. The number of ether oxygens (including phenoxy) is 3. The molecule has 0 spiro atoms. The number of carbonyl (C=O) groups excluding carboxylic acids is 1. The predicted molar refractivity (Wildman–Crippen MR) is 105 cm³/mol. The fourth-order valence-corrected chi connectivity index (χ4v) is 3.47. The summed E-state index contributed by atoms with van der Waals surface area (Å²) >= 11 is 0. The number of benzene rings is 2. The van der Waals surface area contributed by atoms with Gasteiger partial charge in [-0.05, 0) is 60.4 Å². The van der Waals surface area contributed by atoms with Crippen LogP contribution in [0.25, 0.3) is 6.08 Å². The highest BCUT2D eigenvalue weighted by molar-refractivity contribution is 6.04. The van der Waals surface area contributed by atoms with Crippen LogP contribution in [0.4, 0.5) is 5.69 Å². The van der Waals surface area contributed by atoms with Crippen LogP contribution >= 0.6 is 0 Å². The van der Waals surface area contributed by atoms with Crippen molar-refractivity contribution in [3.8, 4) is 17.2 Å². The van der Waals surface area contributed by atoms with E-state index in [1.54, 1.807) is 13.2 Å². The third-order valence-electron chi connectivity index (χ3n) is 4.86. The van der Waals surface area contributed by atoms with E-state index in [0.717, 1.165) is 59.9 Å². The van der Waals surface area contributed by atoms with E-state index in [9.17, 15) is 4.79 Å². The lowest BCUT2D eigenvalue weighted by Gasteiger charge is -2.29. The standard InChI is InChI=1S/C22H23NO4/c1-25-18-7-8-19-17(15-18)4-2-11-23(19)22(24)10-6-16-5-9-20-21(14-16)27-13-3-12-26-20/h5-10,14-15H,2-4,11-13H2,1H3. The summed E-state index contributed by atoms with van der Waals surface area (Å²) < 4.78 is 16.7. The minimum atomic E-state index is -0.0202. The minimum absolute atomic E-state index is 0.0202. The van der Waals surface area contributed by atoms with Gasteiger partial charge in [0.25, 0.3) is 5.91 Å². The predicted octanol–water partition coefficient (Wildman–Crippen LogP) is 3.85. The summed E-state index contributed by atoms with van der Waals surface area (Å²) in [5, 5.41) is 0. The molecule has 0 saturated heterocycles. The zero-order valence-corrected chi connectivity index (χ0v) is 15.4. The largest absolute Gasteiger partial charge is 0.497 e. The molecule has 0 radical (unpaired) electrons. The molecule has 0 unspecified atom stereocenters. The molecule has 5 heteroatoms. The molecule has 2 aromatic rings. The average Bonchev–Trinajstić information content (AvgIpc) is 2.96. The molecule has 0 N–H and O–H groups in total. The lowest BCUT2D eigenvalue weighted by atomic mass is 10.0. The molecule has 0 fully saturated rings. The summed E-state index contributed by atoms with van der Waals surface area (Å²) in [5.41, 5.74) is 3.04. The highest BCUT2D eigenvalue weighted by Gasteiger charge is 2.21. The Kier molecular flexibility index (Phi) is 5.01. The van der Waals surface area contributed by atoms with E-state index in [2.05, 4.69) is 0 Å². The first-order valence-corrected chi connectivity index (χ1v) is 9.31. The van der Waals surface area contributed by atoms with E-state index in [4.69, 9.17) is 14.2 Å². The zero-order valence-electron chi connectivity index (χ0n) is 15.4. The lowest BCUT2D eigenvalue weighted by molar-refractivity contribution is -0.114. The highest BCUT2D eigenvalue weighted by atomic mass is 16.5. The van der Waals surface area contributed by atoms with Gasteiger partial charge in [0.2, 0.25) is 0 Å². The molecule has 140 valence electrons. The van der Waals surface area contributed by atoms with Gasteiger partial charge in [-0.1, -0.05) is 6.07 Å². The molecule has 27 heavy (non-hydrogen) atoms. The lowest BCUT2D eigenvalue weighted by Crippen LogP contribution is -2.34. The molecule has 1 amide bonds. The number of aryl methyl sites for hydroxylation is 1. The van der Waals surface area contributed by atoms with Crippen LogP contribution < -0.4 is 19.1 Å². The highest BCUT2D eigenvalue weighted by Crippen LogP contribution is 2.32. The normalized spacial score (nSPS) is 16.0. The van der Waals surface area contributed by atoms with Gasteiger partial charge in [0.1, 0.15) is 5.75 Å². The Bertz CT molecular complexity index is 875. The fourth-order valence-electron chi connectivity index (χ4n) is 3.47. The molecule has 2 heterocycles. The topological polar surface area (TPSA) is 48.0 Å². The molecular formula is C22H23NO4. The van der Waals surface area contributed by atoms with E-state index in [1.807, 2.05) is 47.4 Å². The number of rotatable bonds is 3. The third kappa shape index (κ3) is 3.77. The Hall–Kier alpha value is -2.95. The number of fused-ring (bicyclic) bond motifs is 2. The number of nitrogens with zero attached hydrogens (tertiary/aromatic N) is 1. The smallest absolute Gasteiger partial charge is 0.250 e. The van der Waals surface area contributed by atoms with Gasteiger partial charge in [0.05, 0.1) is 20.3 Å². The van der Waals surface area contributed by atoms with Crippen LogP contribution in [0.3, 0.4) is 0 Å². The Morgan fingerprint density at radius 2 is 1.93 bits per heavy atom. The molecular weight excluding hydrogens is 342 g/mol. The maximum atomic E-state index is 12.8. The summed E-state index contributed by atoms with van der Waals surface area (Å²) in [7, 11) is 1.66. The van der Waals surface area contributed by atoms with E-state index >= 15 is 0 Å². The van der Waals surface area contributed by atoms with Crippen LogP contribution in [-0.4, -0.2) is 32.8 Å². The Morgan fingerprint density at radius 1 is 1.07 bits per heavy atom. The van der Waals surface area contributed by atoms with Crippen LogP contribution in [0, 0.1) is 0 Å². The zero-order chi connectivity index (χ0) is 18.6. The molecule has 0 aliphatic carbocycles. The molecule has 2 aliphatic rings. The van der Waals surface area contributed by atoms with E-state index in [1.165, 1.54) is 0 Å². The quantitative estimate of drug-likeness (QED) is 0.775. The third-order valence-corrected chi connectivity index (χ3v) is 4.86. The summed E-state index contributed by atoms with van der Waals surface area (Å²) in [6, 6.07) is 11.6. The van der Waals surface area contributed by atoms with Crippen molar-refractivity contribution in [2.24, 2.45) is 0 Å². The monoisotopic (exact) mass is 365 g/mol. The van der Waals surface area contributed by atoms with Crippen molar-refractivity contribution in [1.29, 1.82) is 0 Å². The van der Waals surface area contributed by atoms with E-state index in [-0.39, 0.29) is 5.91 Å². The fraction of sp³-hybridized carbons (Fsp3) is 0.318. The van der Waals surface area contributed by atoms with Crippen molar-refractivity contribution in [2.45, 2.75) is 19.3 Å². The van der Waals surface area contributed by atoms with Gasteiger partial charge in [-0.25, -0.2) is 0 Å². The van der Waals surface area contributed by atoms with Crippen LogP contribution in [0.5, 0.6) is 17.2 Å². The van der Waals surface area contributed by atoms with E-state index in [0.29, 0.717) is 13.2 Å². The van der Waals surface area contributed by atoms with Crippen LogP contribution in [0.1, 0.15) is 24.0 Å². The Labute approximate surface area is 159 Å². The van der Waals surface area contributed by atoms with Crippen molar-refractivity contribution < 1.29 is 19.0 Å². The second kappa shape index (κ2) is 7.74. The SMILES string of the molecule is COc1ccc2c(c1)CCCN2C(=O)C=Cc1ccc2c(c1)OCCCO2. The number of anilines is 1. The summed E-state index contributed by atoms with van der Waals surface area (Å²) in [6.45, 7) is 2.04. The summed E-state index contributed by atoms with van der Waals surface area (Å²) in [4.78, 5) is 14.6. The molecule has 5 nitrogen and oxygen atoms in total. The first kappa shape index (κ1) is 17.5. The minimum Gasteiger partial charge on any atom is -0.497 e. The molecule has 0 atom stereocenters. The van der Waals surface area contributed by atoms with Gasteiger partial charge in [0, 0.05) is 24.7 Å². The van der Waals surface area contributed by atoms with Gasteiger partial charge in [-0.3, -0.25) is 4.79 Å². The number of methoxy groups -OCH3 is 1. The Morgan fingerprint density at radius 3 is 2.78 bits per heavy atom. The van der Waals surface area contributed by atoms with Crippen molar-refractivity contribution >= 4 is 17.7 Å². The Balaban J connectivity index is 1.52. The summed E-state index contributed by atoms with van der Waals surface area (Å²) in [6.07, 6.45) is 6.23. The molecule has 0 bridgehead atoms. The van der Waals surface area contributed by atoms with E-state index < -0.39 is 0 Å². The molecule has 2 aromatic carbocycles. The van der Waals surface area contributed by atoms with Gasteiger partial charge in [-0.15, -0.1) is 0 Å². The van der Waals surface area contributed by atoms with Gasteiger partial charge in [-0.2, -0.15) is 0 Å². The number of carbonyl (C=O) groups is 1. The van der Waals surface area contributed by atoms with Crippen molar-refractivity contribution in [3.63, 3.8) is 0 Å². The maximum absolute atomic E-state index is 12.8. The van der Waals surface area contributed by atoms with Crippen molar-refractivity contribution in [3.05, 3.63) is 53.6 Å². The van der Waals surface area contributed by atoms with Crippen molar-refractivity contribution in [1.82, 2.24) is 0 Å².